The molecule has 0 saturated carbocycles. The monoisotopic (exact) mass is 441 g/mol. The molecule has 1 N–H and O–H groups in total. The van der Waals surface area contributed by atoms with Gasteiger partial charge in [0, 0.05) is 29.6 Å². The number of ether oxygens (including phenoxy) is 1. The maximum atomic E-state index is 11.6. The molecule has 0 unspecified atom stereocenters. The second-order valence-electron chi connectivity index (χ2n) is 7.80. The van der Waals surface area contributed by atoms with Crippen LogP contribution >= 0.6 is 11.8 Å². The van der Waals surface area contributed by atoms with Crippen molar-refractivity contribution in [1.82, 2.24) is 4.98 Å². The first-order chi connectivity index (χ1) is 15.6. The van der Waals surface area contributed by atoms with Crippen molar-refractivity contribution in [3.05, 3.63) is 90.1 Å². The number of nitrogens with zero attached hydrogens (tertiary/aromatic N) is 2. The van der Waals surface area contributed by atoms with Gasteiger partial charge in [0.1, 0.15) is 12.4 Å². The van der Waals surface area contributed by atoms with Crippen LogP contribution in [-0.4, -0.2) is 23.7 Å². The quantitative estimate of drug-likeness (QED) is 0.429. The molecule has 1 aliphatic heterocycles. The summed E-state index contributed by atoms with van der Waals surface area (Å²) in [6.45, 7) is 1.18. The number of amides is 1. The number of hydrogen-bond donors (Lipinski definition) is 1. The zero-order valence-corrected chi connectivity index (χ0v) is 18.6. The lowest BCUT2D eigenvalue weighted by Crippen LogP contribution is -2.20. The lowest BCUT2D eigenvalue weighted by molar-refractivity contribution is -0.113. The maximum absolute atomic E-state index is 11.6. The van der Waals surface area contributed by atoms with Crippen molar-refractivity contribution in [2.75, 3.05) is 23.0 Å². The molecule has 1 aliphatic rings. The Morgan fingerprint density at radius 3 is 2.88 bits per heavy atom. The third-order valence-corrected chi connectivity index (χ3v) is 6.46. The van der Waals surface area contributed by atoms with Gasteiger partial charge < -0.3 is 15.0 Å². The lowest BCUT2D eigenvalue weighted by Gasteiger charge is -2.23. The molecular formula is C26H23N3O2S. The molecule has 0 aliphatic carbocycles. The van der Waals surface area contributed by atoms with Crippen LogP contribution in [0, 0.1) is 0 Å². The van der Waals surface area contributed by atoms with Crippen LogP contribution in [0.25, 0.3) is 10.9 Å². The van der Waals surface area contributed by atoms with Crippen LogP contribution in [0.15, 0.2) is 83.8 Å². The van der Waals surface area contributed by atoms with Crippen molar-refractivity contribution >= 4 is 39.9 Å². The zero-order valence-electron chi connectivity index (χ0n) is 17.7. The molecule has 6 heteroatoms. The molecule has 2 heterocycles. The highest BCUT2D eigenvalue weighted by atomic mass is 32.2. The van der Waals surface area contributed by atoms with Crippen molar-refractivity contribution in [3.8, 4) is 5.75 Å². The van der Waals surface area contributed by atoms with Gasteiger partial charge in [-0.3, -0.25) is 4.79 Å². The van der Waals surface area contributed by atoms with Gasteiger partial charge in [-0.1, -0.05) is 36.4 Å². The normalized spacial score (nSPS) is 12.8. The summed E-state index contributed by atoms with van der Waals surface area (Å²) in [7, 11) is 2.07. The van der Waals surface area contributed by atoms with Crippen molar-refractivity contribution in [2.45, 2.75) is 18.0 Å². The van der Waals surface area contributed by atoms with Gasteiger partial charge in [0.15, 0.2) is 0 Å². The van der Waals surface area contributed by atoms with Crippen LogP contribution in [0.4, 0.5) is 11.4 Å². The van der Waals surface area contributed by atoms with E-state index in [0.717, 1.165) is 50.7 Å². The number of nitrogens with one attached hydrogen (secondary N) is 1. The summed E-state index contributed by atoms with van der Waals surface area (Å²) in [5.74, 6) is 1.35. The van der Waals surface area contributed by atoms with E-state index < -0.39 is 0 Å². The third kappa shape index (κ3) is 4.55. The second kappa shape index (κ2) is 8.93. The van der Waals surface area contributed by atoms with Crippen LogP contribution in [-0.2, 0) is 17.9 Å². The minimum absolute atomic E-state index is 0.0549. The Hall–Kier alpha value is -3.51. The first-order valence-corrected chi connectivity index (χ1v) is 11.5. The van der Waals surface area contributed by atoms with Crippen molar-refractivity contribution in [3.63, 3.8) is 0 Å². The number of fused-ring (bicyclic) bond motifs is 2. The number of anilines is 2. The number of rotatable bonds is 6. The molecule has 160 valence electrons. The Kier molecular flexibility index (Phi) is 5.69. The van der Waals surface area contributed by atoms with E-state index in [-0.39, 0.29) is 5.91 Å². The number of carbonyl (C=O) groups is 1. The van der Waals surface area contributed by atoms with Gasteiger partial charge in [0.05, 0.1) is 22.7 Å². The minimum Gasteiger partial charge on any atom is -0.487 e. The predicted octanol–water partition coefficient (Wildman–Crippen LogP) is 5.49. The van der Waals surface area contributed by atoms with Crippen molar-refractivity contribution in [1.29, 1.82) is 0 Å². The largest absolute Gasteiger partial charge is 0.487 e. The summed E-state index contributed by atoms with van der Waals surface area (Å²) in [4.78, 5) is 19.5. The molecular weight excluding hydrogens is 418 g/mol. The number of thioether (sulfide) groups is 1. The molecule has 5 rings (SSSR count). The average molecular weight is 442 g/mol. The summed E-state index contributed by atoms with van der Waals surface area (Å²) in [5, 5.41) is 4.05. The molecule has 1 aromatic heterocycles. The van der Waals surface area contributed by atoms with Crippen molar-refractivity contribution in [2.24, 2.45) is 0 Å². The minimum atomic E-state index is 0.0549. The van der Waals surface area contributed by atoms with E-state index in [0.29, 0.717) is 12.4 Å². The second-order valence-corrected chi connectivity index (χ2v) is 8.82. The fourth-order valence-electron chi connectivity index (χ4n) is 3.75. The molecule has 1 amide bonds. The molecule has 0 spiro atoms. The molecule has 0 radical (unpaired) electrons. The Balaban J connectivity index is 1.25. The van der Waals surface area contributed by atoms with E-state index in [1.165, 1.54) is 0 Å². The fraction of sp³-hybridized carbons (Fsp3) is 0.154. The SMILES string of the molecule is CN(Cc1cccc(OCc2ccc3ccccc3n2)c1)c1ccc2c(c1)SCC(=O)N2. The fourth-order valence-corrected chi connectivity index (χ4v) is 4.58. The third-order valence-electron chi connectivity index (χ3n) is 5.40. The first kappa shape index (κ1) is 20.4. The van der Waals surface area contributed by atoms with Crippen LogP contribution in [0.5, 0.6) is 5.75 Å². The first-order valence-electron chi connectivity index (χ1n) is 10.5. The highest BCUT2D eigenvalue weighted by molar-refractivity contribution is 8.00. The van der Waals surface area contributed by atoms with E-state index in [2.05, 4.69) is 52.6 Å². The topological polar surface area (TPSA) is 54.5 Å². The van der Waals surface area contributed by atoms with Crippen LogP contribution in [0.3, 0.4) is 0 Å². The summed E-state index contributed by atoms with van der Waals surface area (Å²) in [5.41, 5.74) is 5.05. The van der Waals surface area contributed by atoms with E-state index in [1.54, 1.807) is 11.8 Å². The van der Waals surface area contributed by atoms with Crippen molar-refractivity contribution < 1.29 is 9.53 Å². The van der Waals surface area contributed by atoms with Gasteiger partial charge in [-0.05, 0) is 48.0 Å². The number of pyridine rings is 1. The zero-order chi connectivity index (χ0) is 21.9. The summed E-state index contributed by atoms with van der Waals surface area (Å²) < 4.78 is 6.03. The number of para-hydroxylation sites is 1. The van der Waals surface area contributed by atoms with E-state index >= 15 is 0 Å². The van der Waals surface area contributed by atoms with Gasteiger partial charge in [-0.15, -0.1) is 11.8 Å². The average Bonchev–Trinajstić information content (AvgIpc) is 2.82. The van der Waals surface area contributed by atoms with E-state index in [1.807, 2.05) is 48.5 Å². The van der Waals surface area contributed by atoms with Gasteiger partial charge in [-0.25, -0.2) is 4.98 Å². The standard InChI is InChI=1S/C26H23N3O2S/c1-29(21-11-12-24-25(14-21)32-17-26(30)28-24)15-18-5-4-7-22(13-18)31-16-20-10-9-19-6-2-3-8-23(19)27-20/h2-14H,15-17H2,1H3,(H,28,30). The molecule has 5 nitrogen and oxygen atoms in total. The Bertz CT molecular complexity index is 1290. The molecule has 0 fully saturated rings. The summed E-state index contributed by atoms with van der Waals surface area (Å²) in [6, 6.07) is 26.5. The van der Waals surface area contributed by atoms with Gasteiger partial charge >= 0.3 is 0 Å². The molecule has 0 saturated heterocycles. The van der Waals surface area contributed by atoms with Gasteiger partial charge in [0.2, 0.25) is 5.91 Å². The number of hydrogen-bond acceptors (Lipinski definition) is 5. The lowest BCUT2D eigenvalue weighted by atomic mass is 10.2. The predicted molar refractivity (Wildman–Crippen MR) is 130 cm³/mol. The number of benzene rings is 3. The van der Waals surface area contributed by atoms with Crippen LogP contribution in [0.2, 0.25) is 0 Å². The van der Waals surface area contributed by atoms with Crippen LogP contribution < -0.4 is 15.0 Å². The molecule has 0 atom stereocenters. The van der Waals surface area contributed by atoms with Gasteiger partial charge in [0.25, 0.3) is 0 Å². The highest BCUT2D eigenvalue weighted by Crippen LogP contribution is 2.34. The Morgan fingerprint density at radius 1 is 1.03 bits per heavy atom. The molecule has 0 bridgehead atoms. The molecule has 32 heavy (non-hydrogen) atoms. The molecule has 3 aromatic carbocycles. The highest BCUT2D eigenvalue weighted by Gasteiger charge is 2.16. The smallest absolute Gasteiger partial charge is 0.234 e. The van der Waals surface area contributed by atoms with E-state index in [4.69, 9.17) is 4.74 Å². The number of aromatic nitrogens is 1. The maximum Gasteiger partial charge on any atom is 0.234 e. The summed E-state index contributed by atoms with van der Waals surface area (Å²) >= 11 is 1.58. The Labute approximate surface area is 191 Å². The summed E-state index contributed by atoms with van der Waals surface area (Å²) in [6.07, 6.45) is 0. The Morgan fingerprint density at radius 2 is 1.94 bits per heavy atom. The number of carbonyl (C=O) groups excluding carboxylic acids is 1. The van der Waals surface area contributed by atoms with Crippen LogP contribution in [0.1, 0.15) is 11.3 Å². The molecule has 4 aromatic rings. The van der Waals surface area contributed by atoms with E-state index in [9.17, 15) is 4.79 Å². The van der Waals surface area contributed by atoms with Gasteiger partial charge in [-0.2, -0.15) is 0 Å².